The fourth-order valence-electron chi connectivity index (χ4n) is 3.00. The molecule has 0 saturated heterocycles. The number of benzene rings is 2. The van der Waals surface area contributed by atoms with Crippen LogP contribution in [0.25, 0.3) is 0 Å². The van der Waals surface area contributed by atoms with Crippen LogP contribution in [0.2, 0.25) is 0 Å². The summed E-state index contributed by atoms with van der Waals surface area (Å²) in [5.41, 5.74) is 1.66. The second-order valence-corrected chi connectivity index (χ2v) is 7.23. The minimum Gasteiger partial charge on any atom is -0.508 e. The number of aliphatic hydroxyl groups excluding tert-OH is 2. The van der Waals surface area contributed by atoms with Crippen molar-refractivity contribution in [3.8, 4) is 5.75 Å². The number of carboxylic acids is 2. The molecule has 34 heavy (non-hydrogen) atoms. The summed E-state index contributed by atoms with van der Waals surface area (Å²) >= 11 is 0. The number of aromatic hydroxyl groups is 1. The van der Waals surface area contributed by atoms with Crippen molar-refractivity contribution in [2.45, 2.75) is 70.9 Å². The fourth-order valence-corrected chi connectivity index (χ4v) is 3.00. The van der Waals surface area contributed by atoms with E-state index in [4.69, 9.17) is 39.6 Å². The summed E-state index contributed by atoms with van der Waals surface area (Å²) in [4.78, 5) is 19.5. The summed E-state index contributed by atoms with van der Waals surface area (Å²) in [7, 11) is 0. The lowest BCUT2D eigenvalue weighted by Gasteiger charge is -2.32. The number of phenolic OH excluding ortho intramolecular Hbond substituents is 1. The summed E-state index contributed by atoms with van der Waals surface area (Å²) in [5.74, 6) is -4.48. The number of aliphatic carboxylic acids is 2. The molecule has 0 fully saturated rings. The molecule has 2 aromatic carbocycles. The zero-order valence-corrected chi connectivity index (χ0v) is 18.3. The Morgan fingerprint density at radius 2 is 1.47 bits per heavy atom. The number of aryl methyl sites for hydroxylation is 1. The number of hydrogen-bond donors (Lipinski definition) is 5. The molecule has 188 valence electrons. The lowest BCUT2D eigenvalue weighted by atomic mass is 9.87. The van der Waals surface area contributed by atoms with E-state index in [0.29, 0.717) is 11.1 Å². The molecule has 0 aliphatic heterocycles. The van der Waals surface area contributed by atoms with Crippen molar-refractivity contribution in [1.29, 1.82) is 0 Å². The van der Waals surface area contributed by atoms with Crippen LogP contribution in [-0.2, 0) is 9.59 Å². The van der Waals surface area contributed by atoms with Crippen molar-refractivity contribution < 1.29 is 54.3 Å². The smallest absolute Gasteiger partial charge is 0.335 e. The molecular formula is C26H37NO7. The monoisotopic (exact) mass is 489 g/mol. The second kappa shape index (κ2) is 13.7. The van der Waals surface area contributed by atoms with Crippen molar-refractivity contribution in [1.82, 2.24) is 4.90 Å². The van der Waals surface area contributed by atoms with Gasteiger partial charge < -0.3 is 25.5 Å². The Morgan fingerprint density at radius 1 is 0.941 bits per heavy atom. The van der Waals surface area contributed by atoms with Crippen LogP contribution in [0.15, 0.2) is 48.5 Å². The summed E-state index contributed by atoms with van der Waals surface area (Å²) in [6.07, 6.45) is -4.85. The third-order valence-corrected chi connectivity index (χ3v) is 4.75. The highest BCUT2D eigenvalue weighted by molar-refractivity contribution is 5.83. The molecule has 2 rings (SSSR count). The molecule has 8 nitrogen and oxygen atoms in total. The van der Waals surface area contributed by atoms with Crippen LogP contribution in [0, 0.1) is 6.92 Å². The van der Waals surface area contributed by atoms with Gasteiger partial charge >= 0.3 is 11.9 Å². The van der Waals surface area contributed by atoms with Gasteiger partial charge in [-0.3, -0.25) is 4.90 Å². The van der Waals surface area contributed by atoms with Gasteiger partial charge in [0.05, 0.1) is 0 Å². The molecule has 0 aliphatic carbocycles. The van der Waals surface area contributed by atoms with Crippen LogP contribution in [0.1, 0.15) is 75.6 Å². The van der Waals surface area contributed by atoms with Gasteiger partial charge in [-0.1, -0.05) is 48.0 Å². The summed E-state index contributed by atoms with van der Waals surface area (Å²) in [5, 5.41) is 43.1. The van der Waals surface area contributed by atoms with Crippen molar-refractivity contribution in [2.24, 2.45) is 0 Å². The number of carbonyl (C=O) groups is 2. The molecule has 3 atom stereocenters. The minimum atomic E-state index is -3.78. The number of hydrogen-bond acceptors (Lipinski definition) is 6. The molecule has 0 amide bonds. The number of rotatable bonds is 10. The first-order valence-electron chi connectivity index (χ1n) is 16.9. The predicted molar refractivity (Wildman–Crippen MR) is 130 cm³/mol. The maximum absolute atomic E-state index is 10.6. The van der Waals surface area contributed by atoms with E-state index in [9.17, 15) is 14.7 Å². The molecule has 0 unspecified atom stereocenters. The van der Waals surface area contributed by atoms with E-state index in [0.717, 1.165) is 5.56 Å². The first kappa shape index (κ1) is 13.8. The quantitative estimate of drug-likeness (QED) is 0.343. The van der Waals surface area contributed by atoms with Crippen molar-refractivity contribution in [3.05, 3.63) is 65.2 Å². The largest absolute Gasteiger partial charge is 0.508 e. The Balaban J connectivity index is 0.000000993. The van der Waals surface area contributed by atoms with Crippen LogP contribution in [0.5, 0.6) is 5.75 Å². The normalized spacial score (nSPS) is 22.0. The molecular weight excluding hydrogens is 438 g/mol. The maximum Gasteiger partial charge on any atom is 0.335 e. The average molecular weight is 490 g/mol. The molecule has 8 heteroatoms. The number of nitrogens with zero attached hydrogens (tertiary/aromatic N) is 1. The first-order valence-corrected chi connectivity index (χ1v) is 9.90. The molecule has 0 saturated carbocycles. The van der Waals surface area contributed by atoms with Crippen LogP contribution in [0.3, 0.4) is 0 Å². The first-order chi connectivity index (χ1) is 21.5. The summed E-state index contributed by atoms with van der Waals surface area (Å²) in [6.45, 7) is -14.1. The van der Waals surface area contributed by atoms with Gasteiger partial charge in [0, 0.05) is 42.7 Å². The third kappa shape index (κ3) is 8.78. The van der Waals surface area contributed by atoms with Crippen molar-refractivity contribution >= 4 is 11.9 Å². The SMILES string of the molecule is O=C(O)[C@H](O)[C@@H](O)C(=O)O.[2H]C([2H])([2H])C([2H])(N(CC[C@H](c1ccccc1)c1cc(C)ccc1O)C([2H])(C([2H])([2H])[2H])C([2H])([2H])[2H])C([2H])([2H])[2H]. The van der Waals surface area contributed by atoms with Crippen LogP contribution < -0.4 is 0 Å². The van der Waals surface area contributed by atoms with Gasteiger partial charge in [-0.15, -0.1) is 0 Å². The number of phenols is 1. The summed E-state index contributed by atoms with van der Waals surface area (Å²) < 4.78 is 112. The lowest BCUT2D eigenvalue weighted by molar-refractivity contribution is -0.165. The average Bonchev–Trinajstić information content (AvgIpc) is 2.93. The van der Waals surface area contributed by atoms with Gasteiger partial charge in [-0.25, -0.2) is 9.59 Å². The Labute approximate surface area is 220 Å². The lowest BCUT2D eigenvalue weighted by Crippen LogP contribution is -2.39. The third-order valence-electron chi connectivity index (χ3n) is 4.75. The number of aliphatic hydroxyl groups is 2. The Kier molecular flexibility index (Phi) is 5.57. The highest BCUT2D eigenvalue weighted by atomic mass is 16.4. The summed E-state index contributed by atoms with van der Waals surface area (Å²) in [6, 6.07) is 5.61. The maximum atomic E-state index is 10.6. The standard InChI is InChI=1S/C22H31NO.C4H6O6/c1-16(2)23(17(3)4)14-13-20(19-9-7-6-8-10-19)21-15-18(5)11-12-22(21)24;5-1(3(7)8)2(6)4(9)10/h6-12,15-17,20,24H,13-14H2,1-5H3;1-2,5-6H,(H,7,8)(H,9,10)/t20-;1-,2-/m11/s1/i1D3,2D3,3D3,4D3,16D,17D;. The topological polar surface area (TPSA) is 139 Å². The Bertz CT molecular complexity index is 1310. The van der Waals surface area contributed by atoms with Crippen molar-refractivity contribution in [2.75, 3.05) is 6.54 Å². The zero-order chi connectivity index (χ0) is 37.8. The predicted octanol–water partition coefficient (Wildman–Crippen LogP) is 3.22. The van der Waals surface area contributed by atoms with Gasteiger partial charge in [-0.05, 0) is 58.9 Å². The minimum absolute atomic E-state index is 0.0250. The zero-order valence-electron chi connectivity index (χ0n) is 32.3. The van der Waals surface area contributed by atoms with E-state index < -0.39 is 76.1 Å². The van der Waals surface area contributed by atoms with E-state index in [1.807, 2.05) is 0 Å². The molecule has 0 aliphatic rings. The van der Waals surface area contributed by atoms with Gasteiger partial charge in [0.2, 0.25) is 0 Å². The fraction of sp³-hybridized carbons (Fsp3) is 0.462. The van der Waals surface area contributed by atoms with E-state index in [2.05, 4.69) is 0 Å². The highest BCUT2D eigenvalue weighted by Crippen LogP contribution is 2.35. The molecule has 0 spiro atoms. The van der Waals surface area contributed by atoms with Crippen molar-refractivity contribution in [3.63, 3.8) is 0 Å². The van der Waals surface area contributed by atoms with Gasteiger partial charge in [-0.2, -0.15) is 0 Å². The van der Waals surface area contributed by atoms with Crippen LogP contribution >= 0.6 is 0 Å². The van der Waals surface area contributed by atoms with Gasteiger partial charge in [0.1, 0.15) is 5.75 Å². The van der Waals surface area contributed by atoms with E-state index in [1.165, 1.54) is 6.07 Å². The number of carboxylic acid groups (broad SMARTS) is 2. The van der Waals surface area contributed by atoms with E-state index >= 15 is 0 Å². The highest BCUT2D eigenvalue weighted by Gasteiger charge is 2.29. The van der Waals surface area contributed by atoms with E-state index in [-0.39, 0.29) is 17.1 Å². The second-order valence-electron chi connectivity index (χ2n) is 7.23. The Hall–Kier alpha value is -2.94. The molecule has 0 bridgehead atoms. The van der Waals surface area contributed by atoms with Crippen LogP contribution in [0.4, 0.5) is 0 Å². The van der Waals surface area contributed by atoms with Gasteiger partial charge in [0.15, 0.2) is 12.2 Å². The molecule has 5 N–H and O–H groups in total. The van der Waals surface area contributed by atoms with Crippen LogP contribution in [-0.4, -0.2) is 73.2 Å². The molecule has 0 heterocycles. The van der Waals surface area contributed by atoms with Gasteiger partial charge in [0.25, 0.3) is 0 Å². The van der Waals surface area contributed by atoms with E-state index in [1.54, 1.807) is 49.4 Å². The Morgan fingerprint density at radius 3 is 1.94 bits per heavy atom. The molecule has 0 radical (unpaired) electrons. The molecule has 2 aromatic rings. The molecule has 0 aromatic heterocycles.